The van der Waals surface area contributed by atoms with E-state index in [1.165, 1.54) is 32.7 Å². The quantitative estimate of drug-likeness (QED) is 0.233. The van der Waals surface area contributed by atoms with Gasteiger partial charge in [-0.3, -0.25) is 20.2 Å². The molecule has 0 saturated carbocycles. The number of carboxylic acids is 1. The molecule has 0 bridgehead atoms. The van der Waals surface area contributed by atoms with E-state index < -0.39 is 52.5 Å². The maximum absolute atomic E-state index is 14.2. The Bertz CT molecular complexity index is 1110. The minimum absolute atomic E-state index is 0.0233. The van der Waals surface area contributed by atoms with Gasteiger partial charge >= 0.3 is 12.1 Å². The van der Waals surface area contributed by atoms with Gasteiger partial charge in [-0.1, -0.05) is 91.8 Å². The molecule has 0 fully saturated rings. The number of carboxylic acid groups (broad SMARTS) is 1. The smallest absolute Gasteiger partial charge is 0.411 e. The van der Waals surface area contributed by atoms with Crippen LogP contribution in [0.3, 0.4) is 0 Å². The van der Waals surface area contributed by atoms with Gasteiger partial charge < -0.3 is 15.2 Å². The lowest BCUT2D eigenvalue weighted by Gasteiger charge is -2.42. The number of allylic oxidation sites excluding steroid dienone is 1. The Labute approximate surface area is 245 Å². The normalized spacial score (nSPS) is 15.9. The summed E-state index contributed by atoms with van der Waals surface area (Å²) in [5.74, 6) is -2.76. The summed E-state index contributed by atoms with van der Waals surface area (Å²) in [6, 6.07) is 7.35. The first-order valence-electron chi connectivity index (χ1n) is 14.1. The molecule has 0 saturated heterocycles. The van der Waals surface area contributed by atoms with Crippen molar-refractivity contribution in [2.45, 2.75) is 99.4 Å². The molecule has 0 spiro atoms. The topological polar surface area (TPSA) is 139 Å². The molecule has 1 unspecified atom stereocenters. The molecule has 1 aromatic rings. The third kappa shape index (κ3) is 9.69. The van der Waals surface area contributed by atoms with E-state index in [9.17, 15) is 24.3 Å². The van der Waals surface area contributed by atoms with Crippen LogP contribution in [-0.4, -0.2) is 58.6 Å². The number of amides is 2. The number of carbonyl (C=O) groups is 4. The summed E-state index contributed by atoms with van der Waals surface area (Å²) in [7, 11) is 1.48. The number of hydrogen-bond acceptors (Lipinski definition) is 6. The van der Waals surface area contributed by atoms with Crippen LogP contribution in [0.15, 0.2) is 42.0 Å². The highest BCUT2D eigenvalue weighted by atomic mass is 16.6. The predicted molar refractivity (Wildman–Crippen MR) is 161 cm³/mol. The van der Waals surface area contributed by atoms with Gasteiger partial charge in [0.15, 0.2) is 11.5 Å². The first-order valence-corrected chi connectivity index (χ1v) is 14.1. The van der Waals surface area contributed by atoms with Gasteiger partial charge in [-0.15, -0.1) is 0 Å². The van der Waals surface area contributed by atoms with Crippen molar-refractivity contribution in [3.63, 3.8) is 0 Å². The van der Waals surface area contributed by atoms with Gasteiger partial charge in [0.1, 0.15) is 6.04 Å². The van der Waals surface area contributed by atoms with Gasteiger partial charge in [0, 0.05) is 24.0 Å². The minimum Gasteiger partial charge on any atom is -0.478 e. The van der Waals surface area contributed by atoms with Gasteiger partial charge in [-0.05, 0) is 43.6 Å². The first kappa shape index (κ1) is 35.8. The molecule has 4 N–H and O–H groups in total. The molecule has 0 aliphatic heterocycles. The molecular formula is C32H51N3O6. The average molecular weight is 574 g/mol. The number of ether oxygens (including phenoxy) is 1. The molecule has 1 aromatic carbocycles. The lowest BCUT2D eigenvalue weighted by molar-refractivity contribution is -0.136. The SMILES string of the molecule is C/C(=C\[C@H](C(C)C)C(C)C(=O)[C@@H](NC(=O)[C@@H](N(C)C(=O)OC(C)(C)N)C(C)(C)c1ccccc1)C(C)(C)C)C(=O)O. The van der Waals surface area contributed by atoms with Crippen molar-refractivity contribution in [2.75, 3.05) is 7.05 Å². The van der Waals surface area contributed by atoms with Crippen molar-refractivity contribution in [2.24, 2.45) is 28.9 Å². The molecule has 4 atom stereocenters. The highest BCUT2D eigenvalue weighted by Crippen LogP contribution is 2.33. The summed E-state index contributed by atoms with van der Waals surface area (Å²) in [4.78, 5) is 54.1. The van der Waals surface area contributed by atoms with Crippen LogP contribution < -0.4 is 11.1 Å². The molecule has 0 aromatic heterocycles. The molecule has 0 heterocycles. The van der Waals surface area contributed by atoms with Crippen LogP contribution in [0.2, 0.25) is 0 Å². The number of rotatable bonds is 12. The van der Waals surface area contributed by atoms with Gasteiger partial charge in [-0.25, -0.2) is 9.59 Å². The van der Waals surface area contributed by atoms with E-state index in [2.05, 4.69) is 5.32 Å². The number of ketones is 1. The predicted octanol–water partition coefficient (Wildman–Crippen LogP) is 5.14. The Morgan fingerprint density at radius 1 is 0.976 bits per heavy atom. The molecule has 2 amide bonds. The molecule has 0 aliphatic rings. The van der Waals surface area contributed by atoms with Crippen LogP contribution in [0.25, 0.3) is 0 Å². The third-order valence-corrected chi connectivity index (χ3v) is 7.49. The first-order chi connectivity index (χ1) is 18.5. The van der Waals surface area contributed by atoms with Crippen molar-refractivity contribution in [1.82, 2.24) is 10.2 Å². The zero-order valence-electron chi connectivity index (χ0n) is 26.9. The number of nitrogens with zero attached hydrogens (tertiary/aromatic N) is 1. The van der Waals surface area contributed by atoms with Crippen LogP contribution in [0, 0.1) is 23.2 Å². The molecule has 9 nitrogen and oxygen atoms in total. The zero-order valence-corrected chi connectivity index (χ0v) is 26.9. The van der Waals surface area contributed by atoms with E-state index in [4.69, 9.17) is 10.5 Å². The van der Waals surface area contributed by atoms with Crippen molar-refractivity contribution in [3.8, 4) is 0 Å². The fourth-order valence-corrected chi connectivity index (χ4v) is 5.08. The summed E-state index contributed by atoms with van der Waals surface area (Å²) in [6.07, 6.45) is 0.847. The molecular weight excluding hydrogens is 522 g/mol. The van der Waals surface area contributed by atoms with E-state index in [0.717, 1.165) is 5.56 Å². The fourth-order valence-electron chi connectivity index (χ4n) is 5.08. The number of likely N-dealkylation sites (N-methyl/N-ethyl adjacent to an activating group) is 1. The van der Waals surface area contributed by atoms with Gasteiger partial charge in [-0.2, -0.15) is 0 Å². The second-order valence-corrected chi connectivity index (χ2v) is 13.5. The lowest BCUT2D eigenvalue weighted by Crippen LogP contribution is -2.62. The molecule has 9 heteroatoms. The second kappa shape index (κ2) is 13.6. The summed E-state index contributed by atoms with van der Waals surface area (Å²) in [5.41, 5.74) is 4.06. The number of hydrogen-bond donors (Lipinski definition) is 3. The van der Waals surface area contributed by atoms with E-state index in [1.807, 2.05) is 78.8 Å². The summed E-state index contributed by atoms with van der Waals surface area (Å²) >= 11 is 0. The maximum atomic E-state index is 14.2. The number of nitrogens with two attached hydrogens (primary N) is 1. The number of aliphatic carboxylic acids is 1. The Balaban J connectivity index is 3.59. The van der Waals surface area contributed by atoms with Crippen molar-refractivity contribution < 1.29 is 29.0 Å². The van der Waals surface area contributed by atoms with Gasteiger partial charge in [0.25, 0.3) is 0 Å². The van der Waals surface area contributed by atoms with E-state index in [0.29, 0.717) is 0 Å². The Morgan fingerprint density at radius 3 is 1.90 bits per heavy atom. The van der Waals surface area contributed by atoms with E-state index in [1.54, 1.807) is 13.0 Å². The standard InChI is InChI=1S/C32H51N3O6/c1-19(2)23(18-20(3)28(38)39)21(4)24(36)25(30(5,6)7)34-27(37)26(35(12)29(40)41-32(10,11)33)31(8,9)22-16-14-13-15-17-22/h13-19,21,23,25-26H,33H2,1-12H3,(H,34,37)(H,38,39)/b20-18+/t21?,23-,25-,26-/m1/s1. The van der Waals surface area contributed by atoms with Crippen LogP contribution in [0.1, 0.15) is 81.7 Å². The van der Waals surface area contributed by atoms with Crippen molar-refractivity contribution in [1.29, 1.82) is 0 Å². The van der Waals surface area contributed by atoms with Crippen molar-refractivity contribution in [3.05, 3.63) is 47.5 Å². The number of benzene rings is 1. The third-order valence-electron chi connectivity index (χ3n) is 7.49. The highest BCUT2D eigenvalue weighted by molar-refractivity contribution is 5.94. The van der Waals surface area contributed by atoms with Gasteiger partial charge in [0.05, 0.1) is 6.04 Å². The number of nitrogens with one attached hydrogen (secondary N) is 1. The fraction of sp³-hybridized carbons (Fsp3) is 0.625. The summed E-state index contributed by atoms with van der Waals surface area (Å²) < 4.78 is 5.40. The highest BCUT2D eigenvalue weighted by Gasteiger charge is 2.46. The van der Waals surface area contributed by atoms with Crippen LogP contribution in [-0.2, 0) is 24.5 Å². The number of Topliss-reactive ketones (excluding diaryl/α,β-unsaturated/α-hetero) is 1. The molecule has 41 heavy (non-hydrogen) atoms. The van der Waals surface area contributed by atoms with Crippen LogP contribution in [0.4, 0.5) is 4.79 Å². The lowest BCUT2D eigenvalue weighted by atomic mass is 9.73. The average Bonchev–Trinajstić information content (AvgIpc) is 2.83. The monoisotopic (exact) mass is 573 g/mol. The second-order valence-electron chi connectivity index (χ2n) is 13.5. The molecule has 230 valence electrons. The minimum atomic E-state index is -1.27. The largest absolute Gasteiger partial charge is 0.478 e. The number of carbonyl (C=O) groups excluding carboxylic acids is 3. The molecule has 0 radical (unpaired) electrons. The van der Waals surface area contributed by atoms with Crippen LogP contribution >= 0.6 is 0 Å². The Hall–Kier alpha value is -3.20. The molecule has 1 rings (SSSR count). The summed E-state index contributed by atoms with van der Waals surface area (Å²) in [5, 5.41) is 12.4. The molecule has 0 aliphatic carbocycles. The zero-order chi connectivity index (χ0) is 32.1. The Kier molecular flexibility index (Phi) is 11.9. The van der Waals surface area contributed by atoms with Crippen LogP contribution in [0.5, 0.6) is 0 Å². The summed E-state index contributed by atoms with van der Waals surface area (Å²) in [6.45, 7) is 19.5. The van der Waals surface area contributed by atoms with E-state index in [-0.39, 0.29) is 23.2 Å². The van der Waals surface area contributed by atoms with Crippen molar-refractivity contribution >= 4 is 23.8 Å². The van der Waals surface area contributed by atoms with Gasteiger partial charge in [0.2, 0.25) is 5.91 Å². The maximum Gasteiger partial charge on any atom is 0.411 e. The Morgan fingerprint density at radius 2 is 1.49 bits per heavy atom. The van der Waals surface area contributed by atoms with E-state index >= 15 is 0 Å².